The highest BCUT2D eigenvalue weighted by molar-refractivity contribution is 9.10. The fourth-order valence-electron chi connectivity index (χ4n) is 2.02. The Morgan fingerprint density at radius 3 is 2.71 bits per heavy atom. The predicted molar refractivity (Wildman–Crippen MR) is 87.3 cm³/mol. The largest absolute Gasteiger partial charge is 0.490 e. The molecule has 1 aromatic carbocycles. The van der Waals surface area contributed by atoms with E-state index in [1.54, 1.807) is 6.07 Å². The van der Waals surface area contributed by atoms with Crippen molar-refractivity contribution in [2.75, 3.05) is 37.5 Å². The third-order valence-corrected chi connectivity index (χ3v) is 5.28. The molecule has 0 amide bonds. The van der Waals surface area contributed by atoms with Crippen LogP contribution in [0.5, 0.6) is 5.75 Å². The summed E-state index contributed by atoms with van der Waals surface area (Å²) in [5.74, 6) is 0.431. The Balaban J connectivity index is 2.29. The lowest BCUT2D eigenvalue weighted by molar-refractivity contribution is 0.339. The van der Waals surface area contributed by atoms with E-state index >= 15 is 0 Å². The smallest absolute Gasteiger partial charge is 0.301 e. The van der Waals surface area contributed by atoms with E-state index in [1.807, 2.05) is 6.92 Å². The minimum atomic E-state index is -3.63. The van der Waals surface area contributed by atoms with Gasteiger partial charge in [0.05, 0.1) is 16.8 Å². The van der Waals surface area contributed by atoms with Crippen molar-refractivity contribution in [2.45, 2.75) is 6.92 Å². The van der Waals surface area contributed by atoms with Crippen LogP contribution >= 0.6 is 27.5 Å². The summed E-state index contributed by atoms with van der Waals surface area (Å²) in [4.78, 5) is 0. The average molecular weight is 399 g/mol. The first kappa shape index (κ1) is 16.8. The molecule has 0 saturated carbocycles. The molecule has 1 heterocycles. The molecule has 9 heteroatoms. The SMILES string of the molecule is CCOc1c(Br)cc(Cl)cc1NS(=O)(=O)N1CCNCC1. The standard InChI is InChI=1S/C12H17BrClN3O3S/c1-2-20-12-10(13)7-9(14)8-11(12)16-21(18,19)17-5-3-15-4-6-17/h7-8,15-16H,2-6H2,1H3. The molecule has 118 valence electrons. The summed E-state index contributed by atoms with van der Waals surface area (Å²) >= 11 is 9.33. The topological polar surface area (TPSA) is 70.7 Å². The van der Waals surface area contributed by atoms with Crippen molar-refractivity contribution in [3.05, 3.63) is 21.6 Å². The fraction of sp³-hybridized carbons (Fsp3) is 0.500. The van der Waals surface area contributed by atoms with E-state index in [0.717, 1.165) is 0 Å². The van der Waals surface area contributed by atoms with Crippen LogP contribution in [-0.2, 0) is 10.2 Å². The number of hydrogen-bond acceptors (Lipinski definition) is 4. The summed E-state index contributed by atoms with van der Waals surface area (Å²) in [6.07, 6.45) is 0. The lowest BCUT2D eigenvalue weighted by Gasteiger charge is -2.27. The van der Waals surface area contributed by atoms with E-state index in [9.17, 15) is 8.42 Å². The number of ether oxygens (including phenoxy) is 1. The van der Waals surface area contributed by atoms with Gasteiger partial charge in [0.1, 0.15) is 0 Å². The van der Waals surface area contributed by atoms with Gasteiger partial charge in [0.15, 0.2) is 5.75 Å². The molecule has 0 aliphatic carbocycles. The molecule has 2 rings (SSSR count). The normalized spacial score (nSPS) is 16.7. The Bertz CT molecular complexity index is 606. The van der Waals surface area contributed by atoms with E-state index in [4.69, 9.17) is 16.3 Å². The number of benzene rings is 1. The van der Waals surface area contributed by atoms with Gasteiger partial charge in [-0.05, 0) is 35.0 Å². The zero-order valence-corrected chi connectivity index (χ0v) is 14.7. The second-order valence-corrected chi connectivity index (χ2v) is 7.41. The highest BCUT2D eigenvalue weighted by Gasteiger charge is 2.25. The summed E-state index contributed by atoms with van der Waals surface area (Å²) in [5, 5.41) is 3.53. The molecule has 0 bridgehead atoms. The molecule has 0 radical (unpaired) electrons. The van der Waals surface area contributed by atoms with Crippen LogP contribution in [-0.4, -0.2) is 45.5 Å². The third kappa shape index (κ3) is 4.23. The van der Waals surface area contributed by atoms with Gasteiger partial charge in [0, 0.05) is 31.2 Å². The lowest BCUT2D eigenvalue weighted by Crippen LogP contribution is -2.48. The van der Waals surface area contributed by atoms with Crippen LogP contribution in [0.1, 0.15) is 6.92 Å². The molecular weight excluding hydrogens is 382 g/mol. The number of nitrogens with one attached hydrogen (secondary N) is 2. The van der Waals surface area contributed by atoms with Gasteiger partial charge in [0.2, 0.25) is 0 Å². The maximum absolute atomic E-state index is 12.4. The minimum absolute atomic E-state index is 0.328. The van der Waals surface area contributed by atoms with Gasteiger partial charge in [-0.1, -0.05) is 11.6 Å². The second kappa shape index (κ2) is 7.15. The third-order valence-electron chi connectivity index (χ3n) is 2.95. The van der Waals surface area contributed by atoms with Crippen molar-refractivity contribution >= 4 is 43.4 Å². The molecule has 1 aliphatic rings. The molecule has 0 aromatic heterocycles. The van der Waals surface area contributed by atoms with Gasteiger partial charge >= 0.3 is 10.2 Å². The number of nitrogens with zero attached hydrogens (tertiary/aromatic N) is 1. The van der Waals surface area contributed by atoms with Gasteiger partial charge < -0.3 is 10.1 Å². The molecule has 0 unspecified atom stereocenters. The molecule has 1 aromatic rings. The zero-order chi connectivity index (χ0) is 15.5. The second-order valence-electron chi connectivity index (χ2n) is 4.45. The Hall–Kier alpha value is -0.540. The highest BCUT2D eigenvalue weighted by atomic mass is 79.9. The van der Waals surface area contributed by atoms with E-state index in [-0.39, 0.29) is 0 Å². The van der Waals surface area contributed by atoms with Gasteiger partial charge in [0.25, 0.3) is 0 Å². The zero-order valence-electron chi connectivity index (χ0n) is 11.5. The summed E-state index contributed by atoms with van der Waals surface area (Å²) < 4.78 is 34.9. The van der Waals surface area contributed by atoms with Gasteiger partial charge in [-0.25, -0.2) is 0 Å². The van der Waals surface area contributed by atoms with Gasteiger partial charge in [-0.15, -0.1) is 0 Å². The van der Waals surface area contributed by atoms with E-state index < -0.39 is 10.2 Å². The average Bonchev–Trinajstić information content (AvgIpc) is 2.43. The van der Waals surface area contributed by atoms with E-state index in [1.165, 1.54) is 10.4 Å². The minimum Gasteiger partial charge on any atom is -0.490 e. The summed E-state index contributed by atoms with van der Waals surface area (Å²) in [6.45, 7) is 4.39. The summed E-state index contributed by atoms with van der Waals surface area (Å²) in [5.41, 5.74) is 0.328. The van der Waals surface area contributed by atoms with Crippen molar-refractivity contribution in [2.24, 2.45) is 0 Å². The molecule has 2 N–H and O–H groups in total. The van der Waals surface area contributed by atoms with Crippen LogP contribution < -0.4 is 14.8 Å². The summed E-state index contributed by atoms with van der Waals surface area (Å²) in [6, 6.07) is 3.20. The van der Waals surface area contributed by atoms with Crippen LogP contribution in [0.4, 0.5) is 5.69 Å². The summed E-state index contributed by atoms with van der Waals surface area (Å²) in [7, 11) is -3.63. The Kier molecular flexibility index (Phi) is 5.73. The number of halogens is 2. The Morgan fingerprint density at radius 1 is 1.43 bits per heavy atom. The van der Waals surface area contributed by atoms with Crippen molar-refractivity contribution in [3.8, 4) is 5.75 Å². The quantitative estimate of drug-likeness (QED) is 0.796. The monoisotopic (exact) mass is 397 g/mol. The molecule has 1 aliphatic heterocycles. The maximum Gasteiger partial charge on any atom is 0.301 e. The Labute approximate surface area is 138 Å². The first-order chi connectivity index (χ1) is 9.94. The van der Waals surface area contributed by atoms with Crippen molar-refractivity contribution < 1.29 is 13.2 Å². The predicted octanol–water partition coefficient (Wildman–Crippen LogP) is 2.06. The number of hydrogen-bond donors (Lipinski definition) is 2. The Morgan fingerprint density at radius 2 is 2.10 bits per heavy atom. The van der Waals surface area contributed by atoms with E-state index in [0.29, 0.717) is 53.7 Å². The van der Waals surface area contributed by atoms with Crippen molar-refractivity contribution in [1.29, 1.82) is 0 Å². The van der Waals surface area contributed by atoms with Crippen molar-refractivity contribution in [3.63, 3.8) is 0 Å². The lowest BCUT2D eigenvalue weighted by atomic mass is 10.3. The van der Waals surface area contributed by atoms with Gasteiger partial charge in [-0.3, -0.25) is 4.72 Å². The van der Waals surface area contributed by atoms with Crippen LogP contribution in [0.2, 0.25) is 5.02 Å². The van der Waals surface area contributed by atoms with Crippen LogP contribution in [0.3, 0.4) is 0 Å². The first-order valence-electron chi connectivity index (χ1n) is 6.54. The molecule has 1 saturated heterocycles. The number of anilines is 1. The highest BCUT2D eigenvalue weighted by Crippen LogP contribution is 2.37. The van der Waals surface area contributed by atoms with Crippen LogP contribution in [0.25, 0.3) is 0 Å². The fourth-order valence-corrected chi connectivity index (χ4v) is 4.16. The van der Waals surface area contributed by atoms with Gasteiger partial charge in [-0.2, -0.15) is 12.7 Å². The molecule has 0 spiro atoms. The van der Waals surface area contributed by atoms with Crippen LogP contribution in [0, 0.1) is 0 Å². The molecule has 0 atom stereocenters. The van der Waals surface area contributed by atoms with Crippen LogP contribution in [0.15, 0.2) is 16.6 Å². The van der Waals surface area contributed by atoms with E-state index in [2.05, 4.69) is 26.0 Å². The molecular formula is C12H17BrClN3O3S. The molecule has 21 heavy (non-hydrogen) atoms. The molecule has 1 fully saturated rings. The van der Waals surface area contributed by atoms with Crippen molar-refractivity contribution in [1.82, 2.24) is 9.62 Å². The molecule has 6 nitrogen and oxygen atoms in total. The number of rotatable bonds is 5. The first-order valence-corrected chi connectivity index (χ1v) is 9.15. The number of piperazine rings is 1. The maximum atomic E-state index is 12.4.